The molecule has 1 aliphatic heterocycles. The molecule has 0 saturated carbocycles. The highest BCUT2D eigenvalue weighted by molar-refractivity contribution is 5.91. The molecule has 0 aromatic carbocycles. The van der Waals surface area contributed by atoms with E-state index in [9.17, 15) is 9.59 Å². The SMILES string of the molecule is COc1ccnc(N2CCN(C(=O)c3cc(=O)cc(C)o3)CC2)n1. The summed E-state index contributed by atoms with van der Waals surface area (Å²) in [5.41, 5.74) is -0.231. The minimum Gasteiger partial charge on any atom is -0.481 e. The first-order valence-corrected chi connectivity index (χ1v) is 7.60. The van der Waals surface area contributed by atoms with Gasteiger partial charge in [0.1, 0.15) is 5.76 Å². The maximum atomic E-state index is 12.5. The molecular formula is C16H18N4O4. The van der Waals surface area contributed by atoms with Crippen LogP contribution < -0.4 is 15.1 Å². The van der Waals surface area contributed by atoms with Gasteiger partial charge in [-0.2, -0.15) is 4.98 Å². The van der Waals surface area contributed by atoms with Crippen molar-refractivity contribution in [1.82, 2.24) is 14.9 Å². The number of aromatic nitrogens is 2. The summed E-state index contributed by atoms with van der Waals surface area (Å²) in [6, 6.07) is 4.27. The number of piperazine rings is 1. The van der Waals surface area contributed by atoms with Crippen molar-refractivity contribution in [2.75, 3.05) is 38.2 Å². The van der Waals surface area contributed by atoms with E-state index in [0.29, 0.717) is 43.8 Å². The fraction of sp³-hybridized carbons (Fsp3) is 0.375. The number of anilines is 1. The molecule has 1 amide bonds. The van der Waals surface area contributed by atoms with Gasteiger partial charge in [0.05, 0.1) is 7.11 Å². The van der Waals surface area contributed by atoms with E-state index in [2.05, 4.69) is 9.97 Å². The number of hydrogen-bond acceptors (Lipinski definition) is 7. The van der Waals surface area contributed by atoms with Gasteiger partial charge in [0.2, 0.25) is 11.8 Å². The molecule has 0 aliphatic carbocycles. The molecule has 1 fully saturated rings. The minimum atomic E-state index is -0.276. The summed E-state index contributed by atoms with van der Waals surface area (Å²) >= 11 is 0. The van der Waals surface area contributed by atoms with Crippen LogP contribution in [0.3, 0.4) is 0 Å². The quantitative estimate of drug-likeness (QED) is 0.819. The molecule has 0 N–H and O–H groups in total. The van der Waals surface area contributed by atoms with Gasteiger partial charge in [0, 0.05) is 50.6 Å². The molecule has 8 heteroatoms. The number of hydrogen-bond donors (Lipinski definition) is 0. The molecule has 24 heavy (non-hydrogen) atoms. The maximum absolute atomic E-state index is 12.5. The van der Waals surface area contributed by atoms with Crippen LogP contribution in [0.1, 0.15) is 16.3 Å². The van der Waals surface area contributed by atoms with Crippen LogP contribution in [0.15, 0.2) is 33.6 Å². The monoisotopic (exact) mass is 330 g/mol. The van der Waals surface area contributed by atoms with Gasteiger partial charge in [-0.1, -0.05) is 0 Å². The maximum Gasteiger partial charge on any atom is 0.289 e. The predicted molar refractivity (Wildman–Crippen MR) is 86.4 cm³/mol. The zero-order valence-electron chi connectivity index (χ0n) is 13.6. The van der Waals surface area contributed by atoms with Crippen LogP contribution in [-0.4, -0.2) is 54.1 Å². The molecule has 126 valence electrons. The average molecular weight is 330 g/mol. The van der Waals surface area contributed by atoms with Crippen LogP contribution in [0.2, 0.25) is 0 Å². The summed E-state index contributed by atoms with van der Waals surface area (Å²) in [6.45, 7) is 3.83. The summed E-state index contributed by atoms with van der Waals surface area (Å²) in [6.07, 6.45) is 1.64. The highest BCUT2D eigenvalue weighted by atomic mass is 16.5. The first kappa shape index (κ1) is 16.0. The van der Waals surface area contributed by atoms with Crippen LogP contribution in [-0.2, 0) is 0 Å². The van der Waals surface area contributed by atoms with Crippen LogP contribution >= 0.6 is 0 Å². The Hall–Kier alpha value is -2.90. The fourth-order valence-corrected chi connectivity index (χ4v) is 2.57. The Kier molecular flexibility index (Phi) is 4.45. The van der Waals surface area contributed by atoms with Gasteiger partial charge < -0.3 is 19.0 Å². The largest absolute Gasteiger partial charge is 0.481 e. The highest BCUT2D eigenvalue weighted by Gasteiger charge is 2.25. The number of methoxy groups -OCH3 is 1. The molecular weight excluding hydrogens is 312 g/mol. The van der Waals surface area contributed by atoms with Crippen molar-refractivity contribution in [3.8, 4) is 5.88 Å². The van der Waals surface area contributed by atoms with Gasteiger partial charge in [-0.3, -0.25) is 9.59 Å². The molecule has 0 spiro atoms. The Morgan fingerprint density at radius 2 is 2.00 bits per heavy atom. The molecule has 2 aromatic rings. The van der Waals surface area contributed by atoms with E-state index in [-0.39, 0.29) is 17.1 Å². The molecule has 3 heterocycles. The standard InChI is InChI=1S/C16H18N4O4/c1-11-9-12(21)10-13(24-11)15(22)19-5-7-20(8-6-19)16-17-4-3-14(18-16)23-2/h3-4,9-10H,5-8H2,1-2H3. The van der Waals surface area contributed by atoms with E-state index in [4.69, 9.17) is 9.15 Å². The van der Waals surface area contributed by atoms with Crippen molar-refractivity contribution >= 4 is 11.9 Å². The van der Waals surface area contributed by atoms with Crippen LogP contribution in [0, 0.1) is 6.92 Å². The minimum absolute atomic E-state index is 0.0751. The first-order chi connectivity index (χ1) is 11.6. The Morgan fingerprint density at radius 1 is 1.25 bits per heavy atom. The van der Waals surface area contributed by atoms with Crippen molar-refractivity contribution in [3.63, 3.8) is 0 Å². The summed E-state index contributed by atoms with van der Waals surface area (Å²) in [5.74, 6) is 1.30. The predicted octanol–water partition coefficient (Wildman–Crippen LogP) is 0.709. The Labute approximate surface area is 138 Å². The second-order valence-electron chi connectivity index (χ2n) is 5.45. The third-order valence-corrected chi connectivity index (χ3v) is 3.78. The second kappa shape index (κ2) is 6.69. The third-order valence-electron chi connectivity index (χ3n) is 3.78. The van der Waals surface area contributed by atoms with Crippen LogP contribution in [0.25, 0.3) is 0 Å². The number of rotatable bonds is 3. The Bertz CT molecular complexity index is 797. The van der Waals surface area contributed by atoms with Gasteiger partial charge in [-0.05, 0) is 6.92 Å². The van der Waals surface area contributed by atoms with E-state index < -0.39 is 0 Å². The van der Waals surface area contributed by atoms with Gasteiger partial charge >= 0.3 is 0 Å². The molecule has 1 saturated heterocycles. The van der Waals surface area contributed by atoms with E-state index >= 15 is 0 Å². The molecule has 3 rings (SSSR count). The zero-order valence-corrected chi connectivity index (χ0v) is 13.6. The van der Waals surface area contributed by atoms with Crippen molar-refractivity contribution in [3.05, 3.63) is 46.1 Å². The summed E-state index contributed by atoms with van der Waals surface area (Å²) in [7, 11) is 1.55. The van der Waals surface area contributed by atoms with Crippen molar-refractivity contribution in [1.29, 1.82) is 0 Å². The van der Waals surface area contributed by atoms with Gasteiger partial charge in [-0.15, -0.1) is 0 Å². The first-order valence-electron chi connectivity index (χ1n) is 7.60. The molecule has 0 bridgehead atoms. The lowest BCUT2D eigenvalue weighted by atomic mass is 10.2. The van der Waals surface area contributed by atoms with Gasteiger partial charge in [-0.25, -0.2) is 4.98 Å². The molecule has 8 nitrogen and oxygen atoms in total. The number of aryl methyl sites for hydroxylation is 1. The smallest absolute Gasteiger partial charge is 0.289 e. The molecule has 2 aromatic heterocycles. The normalized spacial score (nSPS) is 14.6. The molecule has 0 unspecified atom stereocenters. The number of carbonyl (C=O) groups is 1. The number of ether oxygens (including phenoxy) is 1. The van der Waals surface area contributed by atoms with E-state index in [0.717, 1.165) is 0 Å². The fourth-order valence-electron chi connectivity index (χ4n) is 2.57. The lowest BCUT2D eigenvalue weighted by molar-refractivity contribution is 0.0709. The number of carbonyl (C=O) groups excluding carboxylic acids is 1. The third kappa shape index (κ3) is 3.37. The average Bonchev–Trinajstić information content (AvgIpc) is 2.60. The highest BCUT2D eigenvalue weighted by Crippen LogP contribution is 2.15. The lowest BCUT2D eigenvalue weighted by Gasteiger charge is -2.34. The second-order valence-corrected chi connectivity index (χ2v) is 5.45. The molecule has 0 atom stereocenters. The van der Waals surface area contributed by atoms with Gasteiger partial charge in [0.25, 0.3) is 5.91 Å². The van der Waals surface area contributed by atoms with E-state index in [1.54, 1.807) is 31.2 Å². The summed E-state index contributed by atoms with van der Waals surface area (Å²) in [5, 5.41) is 0. The van der Waals surface area contributed by atoms with Gasteiger partial charge in [0.15, 0.2) is 11.2 Å². The summed E-state index contributed by atoms with van der Waals surface area (Å²) < 4.78 is 10.5. The lowest BCUT2D eigenvalue weighted by Crippen LogP contribution is -2.49. The molecule has 1 aliphatic rings. The topological polar surface area (TPSA) is 88.8 Å². The number of amides is 1. The number of nitrogens with zero attached hydrogens (tertiary/aromatic N) is 4. The van der Waals surface area contributed by atoms with Crippen LogP contribution in [0.5, 0.6) is 5.88 Å². The Balaban J connectivity index is 1.68. The van der Waals surface area contributed by atoms with E-state index in [1.807, 2.05) is 4.90 Å². The van der Waals surface area contributed by atoms with E-state index in [1.165, 1.54) is 12.1 Å². The van der Waals surface area contributed by atoms with Crippen molar-refractivity contribution in [2.24, 2.45) is 0 Å². The molecule has 0 radical (unpaired) electrons. The zero-order chi connectivity index (χ0) is 17.1. The summed E-state index contributed by atoms with van der Waals surface area (Å²) in [4.78, 5) is 36.2. The van der Waals surface area contributed by atoms with Crippen LogP contribution in [0.4, 0.5) is 5.95 Å². The van der Waals surface area contributed by atoms with Crippen molar-refractivity contribution < 1.29 is 13.9 Å². The van der Waals surface area contributed by atoms with Crippen molar-refractivity contribution in [2.45, 2.75) is 6.92 Å². The Morgan fingerprint density at radius 3 is 2.67 bits per heavy atom.